The van der Waals surface area contributed by atoms with Crippen LogP contribution in [0.5, 0.6) is 0 Å². The summed E-state index contributed by atoms with van der Waals surface area (Å²) in [7, 11) is 0. The summed E-state index contributed by atoms with van der Waals surface area (Å²) in [4.78, 5) is 10.3. The van der Waals surface area contributed by atoms with Gasteiger partial charge in [0.1, 0.15) is 6.29 Å². The molecule has 1 fully saturated rings. The van der Waals surface area contributed by atoms with Crippen LogP contribution in [-0.2, 0) is 4.79 Å². The zero-order chi connectivity index (χ0) is 6.04. The molecule has 1 aliphatic heterocycles. The smallest absolute Gasteiger partial charge is 0.135 e. The Balaban J connectivity index is 2.52. The highest BCUT2D eigenvalue weighted by atomic mass is 32.2. The second-order valence-electron chi connectivity index (χ2n) is 2.38. The lowest BCUT2D eigenvalue weighted by Crippen LogP contribution is -2.16. The van der Waals surface area contributed by atoms with E-state index >= 15 is 0 Å². The average molecular weight is 130 g/mol. The van der Waals surface area contributed by atoms with Gasteiger partial charge in [0.05, 0.1) is 4.75 Å². The summed E-state index contributed by atoms with van der Waals surface area (Å²) in [5.41, 5.74) is 0. The van der Waals surface area contributed by atoms with Gasteiger partial charge in [-0.25, -0.2) is 0 Å². The molecule has 0 unspecified atom stereocenters. The summed E-state index contributed by atoms with van der Waals surface area (Å²) >= 11 is 1.78. The lowest BCUT2D eigenvalue weighted by atomic mass is 10.1. The lowest BCUT2D eigenvalue weighted by molar-refractivity contribution is -0.109. The fourth-order valence-electron chi connectivity index (χ4n) is 0.894. The van der Waals surface area contributed by atoms with Gasteiger partial charge in [-0.1, -0.05) is 0 Å². The Bertz CT molecular complexity index is 94.7. The van der Waals surface area contributed by atoms with Crippen LogP contribution in [0.3, 0.4) is 0 Å². The van der Waals surface area contributed by atoms with Crippen molar-refractivity contribution in [3.05, 3.63) is 0 Å². The first-order valence-electron chi connectivity index (χ1n) is 2.87. The van der Waals surface area contributed by atoms with Crippen molar-refractivity contribution in [1.29, 1.82) is 0 Å². The van der Waals surface area contributed by atoms with Crippen molar-refractivity contribution in [2.24, 2.45) is 0 Å². The number of thioether (sulfide) groups is 1. The fourth-order valence-corrected chi connectivity index (χ4v) is 2.01. The van der Waals surface area contributed by atoms with E-state index < -0.39 is 0 Å². The maximum absolute atomic E-state index is 10.3. The van der Waals surface area contributed by atoms with Gasteiger partial charge in [-0.05, 0) is 25.5 Å². The van der Waals surface area contributed by atoms with E-state index in [0.717, 1.165) is 18.5 Å². The molecule has 0 amide bonds. The monoisotopic (exact) mass is 130 g/mol. The molecule has 8 heavy (non-hydrogen) atoms. The van der Waals surface area contributed by atoms with Crippen molar-refractivity contribution in [3.8, 4) is 0 Å². The highest BCUT2D eigenvalue weighted by Crippen LogP contribution is 2.35. The maximum atomic E-state index is 10.3. The van der Waals surface area contributed by atoms with Gasteiger partial charge in [-0.2, -0.15) is 0 Å². The zero-order valence-corrected chi connectivity index (χ0v) is 5.83. The molecule has 2 heteroatoms. The Morgan fingerprint density at radius 1 is 1.75 bits per heavy atom. The number of aldehydes is 1. The molecule has 1 atom stereocenters. The van der Waals surface area contributed by atoms with Crippen LogP contribution >= 0.6 is 11.8 Å². The molecule has 0 aromatic rings. The molecule has 0 radical (unpaired) electrons. The van der Waals surface area contributed by atoms with Crippen LogP contribution in [0.2, 0.25) is 0 Å². The Hall–Kier alpha value is 0.0200. The summed E-state index contributed by atoms with van der Waals surface area (Å²) in [6.07, 6.45) is 3.35. The summed E-state index contributed by atoms with van der Waals surface area (Å²) in [6.45, 7) is 2.01. The average Bonchev–Trinajstić information content (AvgIpc) is 2.17. The Labute approximate surface area is 53.8 Å². The van der Waals surface area contributed by atoms with Gasteiger partial charge >= 0.3 is 0 Å². The first-order valence-corrected chi connectivity index (χ1v) is 3.86. The molecule has 1 rings (SSSR count). The number of rotatable bonds is 1. The minimum Gasteiger partial charge on any atom is -0.302 e. The third kappa shape index (κ3) is 1.05. The Morgan fingerprint density at radius 2 is 2.50 bits per heavy atom. The molecule has 0 saturated carbocycles. The van der Waals surface area contributed by atoms with Gasteiger partial charge in [0.15, 0.2) is 0 Å². The summed E-state index contributed by atoms with van der Waals surface area (Å²) in [5.74, 6) is 1.16. The molecule has 1 nitrogen and oxygen atoms in total. The molecule has 0 aliphatic carbocycles. The van der Waals surface area contributed by atoms with Crippen LogP contribution in [0.1, 0.15) is 19.8 Å². The van der Waals surface area contributed by atoms with Crippen molar-refractivity contribution >= 4 is 18.0 Å². The van der Waals surface area contributed by atoms with Gasteiger partial charge in [-0.15, -0.1) is 11.8 Å². The zero-order valence-electron chi connectivity index (χ0n) is 5.02. The normalized spacial score (nSPS) is 37.6. The summed E-state index contributed by atoms with van der Waals surface area (Å²) in [6, 6.07) is 0. The third-order valence-corrected chi connectivity index (χ3v) is 2.95. The van der Waals surface area contributed by atoms with Crippen molar-refractivity contribution in [3.63, 3.8) is 0 Å². The third-order valence-electron chi connectivity index (χ3n) is 1.50. The van der Waals surface area contributed by atoms with E-state index in [1.165, 1.54) is 6.42 Å². The van der Waals surface area contributed by atoms with Gasteiger partial charge < -0.3 is 4.79 Å². The highest BCUT2D eigenvalue weighted by molar-refractivity contribution is 8.01. The predicted octanol–water partition coefficient (Wildman–Crippen LogP) is 1.47. The van der Waals surface area contributed by atoms with E-state index in [4.69, 9.17) is 0 Å². The minimum absolute atomic E-state index is 0.0278. The SMILES string of the molecule is C[C@]1(C=O)CCCS1. The number of carbonyl (C=O) groups excluding carboxylic acids is 1. The minimum atomic E-state index is -0.0278. The van der Waals surface area contributed by atoms with E-state index in [9.17, 15) is 4.79 Å². The Morgan fingerprint density at radius 3 is 2.75 bits per heavy atom. The van der Waals surface area contributed by atoms with E-state index in [1.54, 1.807) is 11.8 Å². The van der Waals surface area contributed by atoms with Crippen LogP contribution in [-0.4, -0.2) is 16.8 Å². The first kappa shape index (κ1) is 6.14. The molecule has 0 spiro atoms. The molecule has 1 saturated heterocycles. The van der Waals surface area contributed by atoms with Gasteiger partial charge in [-0.3, -0.25) is 0 Å². The fraction of sp³-hybridized carbons (Fsp3) is 0.833. The molecule has 0 aromatic carbocycles. The molecular weight excluding hydrogens is 120 g/mol. The summed E-state index contributed by atoms with van der Waals surface area (Å²) < 4.78 is -0.0278. The van der Waals surface area contributed by atoms with Gasteiger partial charge in [0.25, 0.3) is 0 Å². The van der Waals surface area contributed by atoms with E-state index in [1.807, 2.05) is 6.92 Å². The maximum Gasteiger partial charge on any atom is 0.135 e. The van der Waals surface area contributed by atoms with Crippen LogP contribution in [0.4, 0.5) is 0 Å². The largest absolute Gasteiger partial charge is 0.302 e. The number of carbonyl (C=O) groups is 1. The molecule has 46 valence electrons. The predicted molar refractivity (Wildman–Crippen MR) is 36.2 cm³/mol. The van der Waals surface area contributed by atoms with Crippen LogP contribution in [0.15, 0.2) is 0 Å². The molecule has 0 aromatic heterocycles. The molecule has 0 N–H and O–H groups in total. The highest BCUT2D eigenvalue weighted by Gasteiger charge is 2.28. The molecular formula is C6H10OS. The van der Waals surface area contributed by atoms with Crippen LogP contribution < -0.4 is 0 Å². The quantitative estimate of drug-likeness (QED) is 0.500. The molecule has 1 aliphatic rings. The molecule has 1 heterocycles. The van der Waals surface area contributed by atoms with E-state index in [-0.39, 0.29) is 4.75 Å². The van der Waals surface area contributed by atoms with Crippen molar-refractivity contribution in [1.82, 2.24) is 0 Å². The topological polar surface area (TPSA) is 17.1 Å². The standard InChI is InChI=1S/C6H10OS/c1-6(5-7)3-2-4-8-6/h5H,2-4H2,1H3/t6-/m1/s1. The summed E-state index contributed by atoms with van der Waals surface area (Å²) in [5, 5.41) is 0. The van der Waals surface area contributed by atoms with Crippen molar-refractivity contribution in [2.45, 2.75) is 24.5 Å². The lowest BCUT2D eigenvalue weighted by Gasteiger charge is -2.11. The van der Waals surface area contributed by atoms with Gasteiger partial charge in [0.2, 0.25) is 0 Å². The number of hydrogen-bond donors (Lipinski definition) is 0. The van der Waals surface area contributed by atoms with Crippen molar-refractivity contribution < 1.29 is 4.79 Å². The van der Waals surface area contributed by atoms with Crippen molar-refractivity contribution in [2.75, 3.05) is 5.75 Å². The van der Waals surface area contributed by atoms with Gasteiger partial charge in [0, 0.05) is 0 Å². The Kier molecular flexibility index (Phi) is 1.61. The van der Waals surface area contributed by atoms with Crippen LogP contribution in [0, 0.1) is 0 Å². The first-order chi connectivity index (χ1) is 3.77. The molecule has 0 bridgehead atoms. The number of hydrogen-bond acceptors (Lipinski definition) is 2. The van der Waals surface area contributed by atoms with E-state index in [2.05, 4.69) is 0 Å². The van der Waals surface area contributed by atoms with Crippen LogP contribution in [0.25, 0.3) is 0 Å². The second-order valence-corrected chi connectivity index (χ2v) is 4.01. The second kappa shape index (κ2) is 2.09. The van der Waals surface area contributed by atoms with E-state index in [0.29, 0.717) is 0 Å².